The second kappa shape index (κ2) is 3.91. The highest BCUT2D eigenvalue weighted by molar-refractivity contribution is 6.09. The second-order valence-electron chi connectivity index (χ2n) is 6.70. The van der Waals surface area contributed by atoms with Crippen LogP contribution in [0.4, 0.5) is 0 Å². The number of hydrogen-bond acceptors (Lipinski definition) is 0. The summed E-state index contributed by atoms with van der Waals surface area (Å²) in [7, 11) is 0. The Morgan fingerprint density at radius 1 is 0.478 bits per heavy atom. The highest BCUT2D eigenvalue weighted by Gasteiger charge is 2.19. The molecular formula is C23H14. The smallest absolute Gasteiger partial charge is 0.00137 e. The van der Waals surface area contributed by atoms with Gasteiger partial charge in [0.2, 0.25) is 0 Å². The maximum atomic E-state index is 2.38. The highest BCUT2D eigenvalue weighted by atomic mass is 14.2. The third-order valence-electron chi connectivity index (χ3n) is 5.25. The predicted molar refractivity (Wildman–Crippen MR) is 99.3 cm³/mol. The van der Waals surface area contributed by atoms with Crippen molar-refractivity contribution in [2.24, 2.45) is 0 Å². The number of benzene rings is 5. The number of fused-ring (bicyclic) bond motifs is 6. The normalized spacial score (nSPS) is 13.0. The minimum Gasteiger partial charge on any atom is -0.0616 e. The maximum Gasteiger partial charge on any atom is -0.00137 e. The fourth-order valence-electron chi connectivity index (χ4n) is 3.92. The van der Waals surface area contributed by atoms with Crippen molar-refractivity contribution in [3.05, 3.63) is 83.9 Å². The fourth-order valence-corrected chi connectivity index (χ4v) is 3.92. The van der Waals surface area contributed by atoms with Gasteiger partial charge in [-0.2, -0.15) is 0 Å². The van der Waals surface area contributed by atoms with Crippen LogP contribution in [0, 0.1) is 0 Å². The average molecular weight is 290 g/mol. The van der Waals surface area contributed by atoms with Crippen molar-refractivity contribution in [3.8, 4) is 0 Å². The molecule has 0 aliphatic heterocycles. The van der Waals surface area contributed by atoms with Gasteiger partial charge in [-0.3, -0.25) is 0 Å². The molecule has 0 nitrogen and oxygen atoms in total. The summed E-state index contributed by atoms with van der Waals surface area (Å²) in [6, 6.07) is 27.2. The zero-order valence-corrected chi connectivity index (χ0v) is 12.6. The van der Waals surface area contributed by atoms with E-state index < -0.39 is 0 Å². The molecule has 0 spiro atoms. The van der Waals surface area contributed by atoms with Gasteiger partial charge in [-0.1, -0.05) is 36.4 Å². The van der Waals surface area contributed by atoms with E-state index in [1.54, 1.807) is 5.56 Å². The van der Waals surface area contributed by atoms with E-state index in [0.29, 0.717) is 0 Å². The predicted octanol–water partition coefficient (Wildman–Crippen LogP) is 6.20. The molecule has 0 amide bonds. The molecular weight excluding hydrogens is 276 g/mol. The summed E-state index contributed by atoms with van der Waals surface area (Å²) in [5, 5.41) is 10.8. The summed E-state index contributed by atoms with van der Waals surface area (Å²) in [5.74, 6) is 0. The van der Waals surface area contributed by atoms with E-state index >= 15 is 0 Å². The third-order valence-corrected chi connectivity index (χ3v) is 5.25. The van der Waals surface area contributed by atoms with E-state index in [-0.39, 0.29) is 0 Å². The molecule has 5 aromatic rings. The molecule has 6 rings (SSSR count). The highest BCUT2D eigenvalue weighted by Crippen LogP contribution is 2.38. The quantitative estimate of drug-likeness (QED) is 0.292. The van der Waals surface area contributed by atoms with Crippen molar-refractivity contribution in [2.75, 3.05) is 0 Å². The van der Waals surface area contributed by atoms with Crippen LogP contribution in [0.15, 0.2) is 72.8 Å². The van der Waals surface area contributed by atoms with Gasteiger partial charge in [0.15, 0.2) is 0 Å². The lowest BCUT2D eigenvalue weighted by atomic mass is 9.97. The molecule has 0 bridgehead atoms. The standard InChI is InChI=1S/C23H14/c1-2-4-15-8-19-11-21-13-23-16(5-6-17-12-22(17)23)9-20(21)10-18(19)7-14(15)3-1/h1-11,13H,12H2. The van der Waals surface area contributed by atoms with E-state index in [1.165, 1.54) is 55.1 Å². The summed E-state index contributed by atoms with van der Waals surface area (Å²) < 4.78 is 0. The molecule has 23 heavy (non-hydrogen) atoms. The topological polar surface area (TPSA) is 0 Å². The molecule has 1 aliphatic carbocycles. The average Bonchev–Trinajstić information content (AvgIpc) is 3.36. The van der Waals surface area contributed by atoms with Crippen molar-refractivity contribution < 1.29 is 0 Å². The van der Waals surface area contributed by atoms with E-state index in [2.05, 4.69) is 72.8 Å². The lowest BCUT2D eigenvalue weighted by Crippen LogP contribution is -1.80. The molecule has 0 heteroatoms. The molecule has 0 unspecified atom stereocenters. The third kappa shape index (κ3) is 1.61. The Morgan fingerprint density at radius 3 is 1.74 bits per heavy atom. The molecule has 0 heterocycles. The van der Waals surface area contributed by atoms with Gasteiger partial charge >= 0.3 is 0 Å². The van der Waals surface area contributed by atoms with Crippen molar-refractivity contribution in [2.45, 2.75) is 6.42 Å². The first-order chi connectivity index (χ1) is 11.3. The van der Waals surface area contributed by atoms with Crippen LogP contribution in [-0.4, -0.2) is 0 Å². The zero-order chi connectivity index (χ0) is 15.0. The van der Waals surface area contributed by atoms with Crippen LogP contribution in [0.2, 0.25) is 0 Å². The SMILES string of the molecule is c1ccc2cc3cc4cc5c6c(ccc5cc4cc3cc2c1)C6. The minimum absolute atomic E-state index is 1.17. The summed E-state index contributed by atoms with van der Waals surface area (Å²) in [5.41, 5.74) is 3.06. The van der Waals surface area contributed by atoms with Crippen LogP contribution in [0.1, 0.15) is 11.1 Å². The molecule has 0 saturated heterocycles. The van der Waals surface area contributed by atoms with Gasteiger partial charge in [0, 0.05) is 0 Å². The van der Waals surface area contributed by atoms with E-state index in [4.69, 9.17) is 0 Å². The molecule has 0 fully saturated rings. The second-order valence-corrected chi connectivity index (χ2v) is 6.70. The van der Waals surface area contributed by atoms with Crippen molar-refractivity contribution in [1.82, 2.24) is 0 Å². The van der Waals surface area contributed by atoms with E-state index in [0.717, 1.165) is 0 Å². The first-order valence-electron chi connectivity index (χ1n) is 8.16. The zero-order valence-electron chi connectivity index (χ0n) is 12.6. The summed E-state index contributed by atoms with van der Waals surface area (Å²) >= 11 is 0. The first-order valence-corrected chi connectivity index (χ1v) is 8.16. The molecule has 1 aliphatic rings. The molecule has 0 N–H and O–H groups in total. The summed E-state index contributed by atoms with van der Waals surface area (Å²) in [6.45, 7) is 0. The van der Waals surface area contributed by atoms with Crippen molar-refractivity contribution in [3.63, 3.8) is 0 Å². The van der Waals surface area contributed by atoms with Crippen LogP contribution in [0.3, 0.4) is 0 Å². The number of hydrogen-bond donors (Lipinski definition) is 0. The molecule has 5 aromatic carbocycles. The van der Waals surface area contributed by atoms with Crippen molar-refractivity contribution >= 4 is 43.1 Å². The molecule has 0 atom stereocenters. The maximum absolute atomic E-state index is 2.38. The van der Waals surface area contributed by atoms with Gasteiger partial charge < -0.3 is 0 Å². The Morgan fingerprint density at radius 2 is 1.04 bits per heavy atom. The van der Waals surface area contributed by atoms with Crippen LogP contribution >= 0.6 is 0 Å². The Hall–Kier alpha value is -2.86. The van der Waals surface area contributed by atoms with Gasteiger partial charge in [0.25, 0.3) is 0 Å². The number of rotatable bonds is 0. The Labute approximate surface area is 134 Å². The lowest BCUT2D eigenvalue weighted by molar-refractivity contribution is 1.62. The van der Waals surface area contributed by atoms with Gasteiger partial charge in [0.1, 0.15) is 0 Å². The monoisotopic (exact) mass is 290 g/mol. The van der Waals surface area contributed by atoms with Crippen LogP contribution < -0.4 is 0 Å². The van der Waals surface area contributed by atoms with Crippen LogP contribution in [0.25, 0.3) is 43.1 Å². The Balaban J connectivity index is 1.76. The lowest BCUT2D eigenvalue weighted by Gasteiger charge is -2.07. The van der Waals surface area contributed by atoms with E-state index in [1.807, 2.05) is 0 Å². The first kappa shape index (κ1) is 11.7. The summed E-state index contributed by atoms with van der Waals surface area (Å²) in [4.78, 5) is 0. The van der Waals surface area contributed by atoms with Gasteiger partial charge in [-0.15, -0.1) is 0 Å². The van der Waals surface area contributed by atoms with Gasteiger partial charge in [-0.25, -0.2) is 0 Å². The van der Waals surface area contributed by atoms with Crippen molar-refractivity contribution in [1.29, 1.82) is 0 Å². The minimum atomic E-state index is 1.17. The molecule has 0 radical (unpaired) electrons. The summed E-state index contributed by atoms with van der Waals surface area (Å²) in [6.07, 6.45) is 1.17. The molecule has 0 saturated carbocycles. The Bertz CT molecular complexity index is 1280. The Kier molecular flexibility index (Phi) is 1.98. The molecule has 106 valence electrons. The van der Waals surface area contributed by atoms with Crippen LogP contribution in [0.5, 0.6) is 0 Å². The van der Waals surface area contributed by atoms with E-state index in [9.17, 15) is 0 Å². The van der Waals surface area contributed by atoms with Gasteiger partial charge in [0.05, 0.1) is 0 Å². The van der Waals surface area contributed by atoms with Gasteiger partial charge in [-0.05, 0) is 97.0 Å². The van der Waals surface area contributed by atoms with Crippen LogP contribution in [-0.2, 0) is 6.42 Å². The largest absolute Gasteiger partial charge is 0.0616 e. The fraction of sp³-hybridized carbons (Fsp3) is 0.0435. The molecule has 0 aromatic heterocycles.